The fourth-order valence-electron chi connectivity index (χ4n) is 3.91. The zero-order valence-corrected chi connectivity index (χ0v) is 19.7. The molecular formula is C25H28N6O4. The quantitative estimate of drug-likeness (QED) is 0.338. The molecule has 1 aliphatic rings. The van der Waals surface area contributed by atoms with E-state index in [0.717, 1.165) is 31.6 Å². The Hall–Kier alpha value is -4.34. The molecule has 0 atom stereocenters. The predicted molar refractivity (Wildman–Crippen MR) is 134 cm³/mol. The van der Waals surface area contributed by atoms with E-state index in [0.29, 0.717) is 34.1 Å². The summed E-state index contributed by atoms with van der Waals surface area (Å²) in [5.41, 5.74) is 4.48. The molecule has 3 N–H and O–H groups in total. The van der Waals surface area contributed by atoms with Gasteiger partial charge in [-0.15, -0.1) is 0 Å². The topological polar surface area (TPSA) is 121 Å². The molecule has 2 aromatic carbocycles. The first-order valence-corrected chi connectivity index (χ1v) is 11.3. The fraction of sp³-hybridized carbons (Fsp3) is 0.280. The number of rotatable bonds is 8. The average Bonchev–Trinajstić information content (AvgIpc) is 3.42. The van der Waals surface area contributed by atoms with Crippen molar-refractivity contribution < 1.29 is 19.1 Å². The second kappa shape index (κ2) is 11.2. The number of anilines is 2. The van der Waals surface area contributed by atoms with E-state index < -0.39 is 5.91 Å². The fourth-order valence-corrected chi connectivity index (χ4v) is 3.91. The lowest BCUT2D eigenvalue weighted by Crippen LogP contribution is -2.30. The lowest BCUT2D eigenvalue weighted by atomic mass is 10.1. The number of methoxy groups -OCH3 is 2. The Morgan fingerprint density at radius 1 is 1.03 bits per heavy atom. The van der Waals surface area contributed by atoms with Gasteiger partial charge in [0.1, 0.15) is 5.82 Å². The summed E-state index contributed by atoms with van der Waals surface area (Å²) in [4.78, 5) is 35.3. The first kappa shape index (κ1) is 23.8. The monoisotopic (exact) mass is 476 g/mol. The molecule has 182 valence electrons. The minimum Gasteiger partial charge on any atom is -0.493 e. The van der Waals surface area contributed by atoms with E-state index in [1.54, 1.807) is 42.7 Å². The minimum atomic E-state index is -0.450. The maximum atomic E-state index is 13.1. The van der Waals surface area contributed by atoms with Gasteiger partial charge < -0.3 is 24.7 Å². The van der Waals surface area contributed by atoms with Crippen molar-refractivity contribution in [3.63, 3.8) is 0 Å². The van der Waals surface area contributed by atoms with Crippen LogP contribution < -0.4 is 25.1 Å². The Kier molecular flexibility index (Phi) is 7.61. The first-order chi connectivity index (χ1) is 17.1. The van der Waals surface area contributed by atoms with Crippen LogP contribution in [0.3, 0.4) is 0 Å². The van der Waals surface area contributed by atoms with Crippen molar-refractivity contribution in [3.05, 3.63) is 65.7 Å². The van der Waals surface area contributed by atoms with E-state index >= 15 is 0 Å². The highest BCUT2D eigenvalue weighted by Crippen LogP contribution is 2.29. The Morgan fingerprint density at radius 3 is 2.54 bits per heavy atom. The third-order valence-corrected chi connectivity index (χ3v) is 5.74. The number of aromatic amines is 1. The van der Waals surface area contributed by atoms with Crippen LogP contribution in [0, 0.1) is 0 Å². The lowest BCUT2D eigenvalue weighted by Gasteiger charge is -2.29. The van der Waals surface area contributed by atoms with Gasteiger partial charge in [0.2, 0.25) is 0 Å². The molecule has 4 rings (SSSR count). The molecule has 0 saturated carbocycles. The average molecular weight is 477 g/mol. The molecule has 2 amide bonds. The number of aromatic nitrogens is 2. The highest BCUT2D eigenvalue weighted by molar-refractivity contribution is 6.09. The van der Waals surface area contributed by atoms with E-state index in [1.807, 2.05) is 6.07 Å². The first-order valence-electron chi connectivity index (χ1n) is 11.3. The molecule has 1 saturated heterocycles. The van der Waals surface area contributed by atoms with Crippen molar-refractivity contribution in [3.8, 4) is 11.5 Å². The highest BCUT2D eigenvalue weighted by Gasteiger charge is 2.19. The molecule has 0 spiro atoms. The molecule has 10 heteroatoms. The van der Waals surface area contributed by atoms with Crippen molar-refractivity contribution in [2.45, 2.75) is 19.3 Å². The molecular weight excluding hydrogens is 448 g/mol. The van der Waals surface area contributed by atoms with Crippen molar-refractivity contribution in [1.29, 1.82) is 0 Å². The van der Waals surface area contributed by atoms with Crippen molar-refractivity contribution in [1.82, 2.24) is 15.4 Å². The van der Waals surface area contributed by atoms with Gasteiger partial charge in [-0.1, -0.05) is 0 Å². The molecule has 3 aromatic rings. The second-order valence-corrected chi connectivity index (χ2v) is 7.98. The number of nitrogens with zero attached hydrogens (tertiary/aromatic N) is 3. The molecule has 2 heterocycles. The van der Waals surface area contributed by atoms with Gasteiger partial charge in [0.15, 0.2) is 11.5 Å². The number of piperidine rings is 1. The van der Waals surface area contributed by atoms with E-state index in [4.69, 9.17) is 9.47 Å². The third-order valence-electron chi connectivity index (χ3n) is 5.74. The summed E-state index contributed by atoms with van der Waals surface area (Å²) >= 11 is 0. The van der Waals surface area contributed by atoms with E-state index in [1.165, 1.54) is 26.9 Å². The standard InChI is InChI=1S/C25H28N6O4/c1-34-21-9-6-17(14-22(21)35-2)24(32)29-20-8-7-18(31-12-4-3-5-13-31)15-19(20)25(33)30-28-16-23-26-10-11-27-23/h6-11,14-16H,3-5,12-13H2,1-2H3,(H,26,27)(H,29,32)(H,30,33)/b28-16+. The smallest absolute Gasteiger partial charge is 0.273 e. The Balaban J connectivity index is 1.59. The van der Waals surface area contributed by atoms with E-state index in [2.05, 4.69) is 30.7 Å². The third kappa shape index (κ3) is 5.78. The van der Waals surface area contributed by atoms with Crippen LogP contribution >= 0.6 is 0 Å². The summed E-state index contributed by atoms with van der Waals surface area (Å²) in [5.74, 6) is 0.628. The molecule has 1 fully saturated rings. The van der Waals surface area contributed by atoms with Crippen LogP contribution in [0.5, 0.6) is 11.5 Å². The van der Waals surface area contributed by atoms with Crippen LogP contribution in [-0.4, -0.2) is 55.3 Å². The van der Waals surface area contributed by atoms with Crippen LogP contribution in [0.15, 0.2) is 53.9 Å². The summed E-state index contributed by atoms with van der Waals surface area (Å²) in [6.45, 7) is 1.85. The summed E-state index contributed by atoms with van der Waals surface area (Å²) in [6, 6.07) is 10.3. The van der Waals surface area contributed by atoms with Gasteiger partial charge in [0.25, 0.3) is 11.8 Å². The number of hydrogen-bond acceptors (Lipinski definition) is 7. The number of nitrogens with one attached hydrogen (secondary N) is 3. The van der Waals surface area contributed by atoms with Crippen molar-refractivity contribution in [2.24, 2.45) is 5.10 Å². The molecule has 1 aliphatic heterocycles. The van der Waals surface area contributed by atoms with Crippen LogP contribution in [-0.2, 0) is 0 Å². The van der Waals surface area contributed by atoms with Crippen LogP contribution in [0.4, 0.5) is 11.4 Å². The molecule has 0 unspecified atom stereocenters. The van der Waals surface area contributed by atoms with Crippen LogP contribution in [0.2, 0.25) is 0 Å². The molecule has 35 heavy (non-hydrogen) atoms. The molecule has 1 aromatic heterocycles. The maximum Gasteiger partial charge on any atom is 0.273 e. The number of benzene rings is 2. The van der Waals surface area contributed by atoms with Gasteiger partial charge >= 0.3 is 0 Å². The number of hydrogen-bond donors (Lipinski definition) is 3. The summed E-state index contributed by atoms with van der Waals surface area (Å²) < 4.78 is 10.5. The molecule has 10 nitrogen and oxygen atoms in total. The van der Waals surface area contributed by atoms with Gasteiger partial charge in [-0.3, -0.25) is 9.59 Å². The number of ether oxygens (including phenoxy) is 2. The minimum absolute atomic E-state index is 0.304. The predicted octanol–water partition coefficient (Wildman–Crippen LogP) is 3.43. The SMILES string of the molecule is COc1ccc(C(=O)Nc2ccc(N3CCCCC3)cc2C(=O)N/N=C/c2ncc[nH]2)cc1OC. The van der Waals surface area contributed by atoms with Crippen molar-refractivity contribution >= 4 is 29.4 Å². The van der Waals surface area contributed by atoms with Crippen LogP contribution in [0.1, 0.15) is 45.8 Å². The van der Waals surface area contributed by atoms with Crippen molar-refractivity contribution in [2.75, 3.05) is 37.5 Å². The number of H-pyrrole nitrogens is 1. The Morgan fingerprint density at radius 2 is 1.83 bits per heavy atom. The van der Waals surface area contributed by atoms with Gasteiger partial charge in [0, 0.05) is 36.7 Å². The number of carbonyl (C=O) groups excluding carboxylic acids is 2. The van der Waals surface area contributed by atoms with Gasteiger partial charge in [-0.05, 0) is 55.7 Å². The Bertz CT molecular complexity index is 1200. The lowest BCUT2D eigenvalue weighted by molar-refractivity contribution is 0.0956. The number of hydrazone groups is 1. The highest BCUT2D eigenvalue weighted by atomic mass is 16.5. The number of amides is 2. The van der Waals surface area contributed by atoms with Gasteiger partial charge in [0.05, 0.1) is 31.7 Å². The van der Waals surface area contributed by atoms with Crippen LogP contribution in [0.25, 0.3) is 0 Å². The number of carbonyl (C=O) groups is 2. The van der Waals surface area contributed by atoms with E-state index in [9.17, 15) is 9.59 Å². The normalized spacial score (nSPS) is 13.5. The van der Waals surface area contributed by atoms with Gasteiger partial charge in [-0.2, -0.15) is 5.10 Å². The molecule has 0 bridgehead atoms. The largest absolute Gasteiger partial charge is 0.493 e. The summed E-state index contributed by atoms with van der Waals surface area (Å²) in [7, 11) is 3.03. The maximum absolute atomic E-state index is 13.1. The number of imidazole rings is 1. The zero-order valence-electron chi connectivity index (χ0n) is 19.7. The van der Waals surface area contributed by atoms with Gasteiger partial charge in [-0.25, -0.2) is 10.4 Å². The zero-order chi connectivity index (χ0) is 24.6. The molecule has 0 aliphatic carbocycles. The molecule has 0 radical (unpaired) electrons. The second-order valence-electron chi connectivity index (χ2n) is 7.98. The summed E-state index contributed by atoms with van der Waals surface area (Å²) in [6.07, 6.45) is 8.07. The van der Waals surface area contributed by atoms with E-state index in [-0.39, 0.29) is 5.91 Å². The Labute approximate surface area is 203 Å². The summed E-state index contributed by atoms with van der Waals surface area (Å²) in [5, 5.41) is 6.82.